The number of hydrogen-bond acceptors (Lipinski definition) is 4. The van der Waals surface area contributed by atoms with Crippen LogP contribution >= 0.6 is 0 Å². The number of allylic oxidation sites excluding steroid dienone is 2. The van der Waals surface area contributed by atoms with Gasteiger partial charge in [0.25, 0.3) is 0 Å². The summed E-state index contributed by atoms with van der Waals surface area (Å²) < 4.78 is 46.5. The maximum absolute atomic E-state index is 13.8. The number of halogens is 3. The first kappa shape index (κ1) is 22.9. The van der Waals surface area contributed by atoms with Crippen molar-refractivity contribution in [1.82, 2.24) is 0 Å². The van der Waals surface area contributed by atoms with Gasteiger partial charge in [0.15, 0.2) is 17.3 Å². The van der Waals surface area contributed by atoms with Crippen LogP contribution < -0.4 is 9.64 Å². The zero-order valence-electron chi connectivity index (χ0n) is 18.5. The summed E-state index contributed by atoms with van der Waals surface area (Å²) >= 11 is 0. The highest BCUT2D eigenvalue weighted by atomic mass is 19.4. The molecule has 1 N–H and O–H groups in total. The van der Waals surface area contributed by atoms with Gasteiger partial charge < -0.3 is 9.84 Å². The summed E-state index contributed by atoms with van der Waals surface area (Å²) in [5.74, 6) is -1.25. The Morgan fingerprint density at radius 1 is 1.09 bits per heavy atom. The van der Waals surface area contributed by atoms with E-state index in [-0.39, 0.29) is 42.2 Å². The second-order valence-corrected chi connectivity index (χ2v) is 9.23. The van der Waals surface area contributed by atoms with Gasteiger partial charge in [-0.2, -0.15) is 13.2 Å². The van der Waals surface area contributed by atoms with E-state index in [9.17, 15) is 27.9 Å². The Labute approximate surface area is 189 Å². The first-order valence-corrected chi connectivity index (χ1v) is 10.6. The number of phenolic OH excluding ortho intramolecular Hbond substituents is 1. The van der Waals surface area contributed by atoms with Crippen LogP contribution in [0.1, 0.15) is 50.2 Å². The van der Waals surface area contributed by atoms with Crippen molar-refractivity contribution in [2.75, 3.05) is 12.0 Å². The lowest BCUT2D eigenvalue weighted by atomic mass is 9.69. The van der Waals surface area contributed by atoms with Crippen LogP contribution in [-0.4, -0.2) is 23.9 Å². The maximum atomic E-state index is 13.8. The van der Waals surface area contributed by atoms with Gasteiger partial charge in [-0.05, 0) is 41.7 Å². The molecule has 0 bridgehead atoms. The second-order valence-electron chi connectivity index (χ2n) is 9.23. The zero-order chi connectivity index (χ0) is 24.1. The lowest BCUT2D eigenvalue weighted by molar-refractivity contribution is -0.137. The number of ether oxygens (including phenoxy) is 1. The van der Waals surface area contributed by atoms with E-state index in [0.717, 1.165) is 11.0 Å². The minimum atomic E-state index is -4.66. The number of aromatic hydroxyl groups is 1. The number of methoxy groups -OCH3 is 1. The quantitative estimate of drug-likeness (QED) is 0.651. The van der Waals surface area contributed by atoms with Gasteiger partial charge >= 0.3 is 6.18 Å². The van der Waals surface area contributed by atoms with Crippen LogP contribution in [-0.2, 0) is 15.8 Å². The molecule has 1 amide bonds. The van der Waals surface area contributed by atoms with Gasteiger partial charge in [-0.25, -0.2) is 0 Å². The number of carbonyl (C=O) groups is 2. The van der Waals surface area contributed by atoms with Gasteiger partial charge in [-0.3, -0.25) is 14.5 Å². The summed E-state index contributed by atoms with van der Waals surface area (Å²) in [5, 5.41) is 9.95. The molecular formula is C25H24F3NO4. The minimum Gasteiger partial charge on any atom is -0.504 e. The standard InChI is InChI=1S/C25H24F3NO4/c1-24(2)12-18-23(20(31)13-24)15(14-8-9-19(30)21(10-14)33-3)11-22(32)29(18)17-7-5-4-6-16(17)25(26,27)28/h4-10,15,30H,11-13H2,1-3H3. The fraction of sp³-hybridized carbons (Fsp3) is 0.360. The Balaban J connectivity index is 1.94. The normalized spacial score (nSPS) is 20.7. The van der Waals surface area contributed by atoms with Gasteiger partial charge in [0, 0.05) is 30.0 Å². The molecule has 2 aromatic rings. The van der Waals surface area contributed by atoms with Crippen LogP contribution in [0.4, 0.5) is 18.9 Å². The Morgan fingerprint density at radius 3 is 2.45 bits per heavy atom. The summed E-state index contributed by atoms with van der Waals surface area (Å²) in [7, 11) is 1.39. The van der Waals surface area contributed by atoms with E-state index in [4.69, 9.17) is 4.74 Å². The molecule has 174 valence electrons. The van der Waals surface area contributed by atoms with Crippen molar-refractivity contribution >= 4 is 17.4 Å². The average Bonchev–Trinajstić information content (AvgIpc) is 2.72. The number of rotatable bonds is 3. The van der Waals surface area contributed by atoms with Crippen LogP contribution in [0.3, 0.4) is 0 Å². The summed E-state index contributed by atoms with van der Waals surface area (Å²) in [6.07, 6.45) is -4.34. The Bertz CT molecular complexity index is 1170. The number of hydrogen-bond donors (Lipinski definition) is 1. The van der Waals surface area contributed by atoms with Crippen molar-refractivity contribution in [3.63, 3.8) is 0 Å². The van der Waals surface area contributed by atoms with E-state index in [1.165, 1.54) is 31.4 Å². The molecule has 2 aliphatic rings. The van der Waals surface area contributed by atoms with Crippen molar-refractivity contribution < 1.29 is 32.6 Å². The fourth-order valence-corrected chi connectivity index (χ4v) is 4.80. The van der Waals surface area contributed by atoms with Crippen molar-refractivity contribution in [3.05, 3.63) is 64.9 Å². The monoisotopic (exact) mass is 459 g/mol. The van der Waals surface area contributed by atoms with E-state index in [0.29, 0.717) is 16.8 Å². The average molecular weight is 459 g/mol. The number of Topliss-reactive ketones (excluding diaryl/α,β-unsaturated/α-hetero) is 1. The summed E-state index contributed by atoms with van der Waals surface area (Å²) in [5.41, 5.74) is -0.474. The number of benzene rings is 2. The molecule has 33 heavy (non-hydrogen) atoms. The van der Waals surface area contributed by atoms with E-state index in [1.807, 2.05) is 13.8 Å². The van der Waals surface area contributed by atoms with Crippen LogP contribution in [0.25, 0.3) is 0 Å². The molecule has 1 atom stereocenters. The predicted molar refractivity (Wildman–Crippen MR) is 116 cm³/mol. The zero-order valence-corrected chi connectivity index (χ0v) is 18.5. The van der Waals surface area contributed by atoms with Crippen molar-refractivity contribution in [2.24, 2.45) is 5.41 Å². The smallest absolute Gasteiger partial charge is 0.418 e. The predicted octanol–water partition coefficient (Wildman–Crippen LogP) is 5.58. The van der Waals surface area contributed by atoms with Gasteiger partial charge in [0.1, 0.15) is 0 Å². The number of ketones is 1. The molecule has 1 heterocycles. The van der Waals surface area contributed by atoms with Gasteiger partial charge in [-0.15, -0.1) is 0 Å². The molecule has 0 saturated carbocycles. The maximum Gasteiger partial charge on any atom is 0.418 e. The Hall–Kier alpha value is -3.29. The molecule has 8 heteroatoms. The number of nitrogens with zero attached hydrogens (tertiary/aromatic N) is 1. The molecule has 0 radical (unpaired) electrons. The molecular weight excluding hydrogens is 435 g/mol. The van der Waals surface area contributed by atoms with Crippen LogP contribution in [0.2, 0.25) is 0 Å². The molecule has 2 aromatic carbocycles. The van der Waals surface area contributed by atoms with Crippen LogP contribution in [0, 0.1) is 5.41 Å². The van der Waals surface area contributed by atoms with Crippen molar-refractivity contribution in [2.45, 2.75) is 45.2 Å². The number of amides is 1. The lowest BCUT2D eigenvalue weighted by Gasteiger charge is -2.43. The van der Waals surface area contributed by atoms with Gasteiger partial charge in [-0.1, -0.05) is 32.0 Å². The molecule has 0 saturated heterocycles. The summed E-state index contributed by atoms with van der Waals surface area (Å²) in [4.78, 5) is 27.8. The third-order valence-corrected chi connectivity index (χ3v) is 6.20. The number of phenols is 1. The van der Waals surface area contributed by atoms with Gasteiger partial charge in [0.05, 0.1) is 18.4 Å². The van der Waals surface area contributed by atoms with E-state index in [2.05, 4.69) is 0 Å². The topological polar surface area (TPSA) is 66.8 Å². The minimum absolute atomic E-state index is 0.0885. The molecule has 1 unspecified atom stereocenters. The largest absolute Gasteiger partial charge is 0.504 e. The molecule has 0 fully saturated rings. The highest BCUT2D eigenvalue weighted by Crippen LogP contribution is 2.50. The molecule has 0 aromatic heterocycles. The summed E-state index contributed by atoms with van der Waals surface area (Å²) in [6, 6.07) is 9.51. The fourth-order valence-electron chi connectivity index (χ4n) is 4.80. The van der Waals surface area contributed by atoms with E-state index >= 15 is 0 Å². The number of anilines is 1. The van der Waals surface area contributed by atoms with Crippen LogP contribution in [0.15, 0.2) is 53.7 Å². The number of alkyl halides is 3. The van der Waals surface area contributed by atoms with Crippen LogP contribution in [0.5, 0.6) is 11.5 Å². The van der Waals surface area contributed by atoms with Crippen molar-refractivity contribution in [1.29, 1.82) is 0 Å². The van der Waals surface area contributed by atoms with E-state index < -0.39 is 29.0 Å². The number of carbonyl (C=O) groups excluding carboxylic acids is 2. The van der Waals surface area contributed by atoms with Crippen molar-refractivity contribution in [3.8, 4) is 11.5 Å². The Kier molecular flexibility index (Phi) is 5.50. The first-order valence-electron chi connectivity index (χ1n) is 10.6. The molecule has 1 aliphatic heterocycles. The van der Waals surface area contributed by atoms with E-state index in [1.54, 1.807) is 12.1 Å². The molecule has 5 nitrogen and oxygen atoms in total. The third-order valence-electron chi connectivity index (χ3n) is 6.20. The Morgan fingerprint density at radius 2 is 1.79 bits per heavy atom. The molecule has 4 rings (SSSR count). The number of para-hydroxylation sites is 1. The third kappa shape index (κ3) is 4.10. The SMILES string of the molecule is COc1cc(C2CC(=O)N(c3ccccc3C(F)(F)F)C3=C2C(=O)CC(C)(C)C3)ccc1O. The highest BCUT2D eigenvalue weighted by molar-refractivity contribution is 6.08. The van der Waals surface area contributed by atoms with Gasteiger partial charge in [0.2, 0.25) is 5.91 Å². The second kappa shape index (κ2) is 7.93. The summed E-state index contributed by atoms with van der Waals surface area (Å²) in [6.45, 7) is 3.72. The highest BCUT2D eigenvalue weighted by Gasteiger charge is 2.46. The molecule has 0 spiro atoms. The first-order chi connectivity index (χ1) is 15.4. The molecule has 1 aliphatic carbocycles. The lowest BCUT2D eigenvalue weighted by Crippen LogP contribution is -2.44.